The van der Waals surface area contributed by atoms with Gasteiger partial charge in [0.15, 0.2) is 0 Å². The van der Waals surface area contributed by atoms with E-state index in [1.165, 1.54) is 5.56 Å². The molecule has 0 amide bonds. The van der Waals surface area contributed by atoms with E-state index in [1.54, 1.807) is 19.5 Å². The van der Waals surface area contributed by atoms with Crippen molar-refractivity contribution in [2.24, 2.45) is 5.73 Å². The normalized spacial score (nSPS) is 12.2. The van der Waals surface area contributed by atoms with Crippen molar-refractivity contribution in [3.63, 3.8) is 0 Å². The second kappa shape index (κ2) is 5.60. The Kier molecular flexibility index (Phi) is 3.89. The second-order valence-corrected chi connectivity index (χ2v) is 4.22. The average molecular weight is 243 g/mol. The van der Waals surface area contributed by atoms with Gasteiger partial charge in [0.05, 0.1) is 7.11 Å². The molecule has 2 N–H and O–H groups in total. The van der Waals surface area contributed by atoms with Gasteiger partial charge >= 0.3 is 6.01 Å². The van der Waals surface area contributed by atoms with Crippen LogP contribution in [0.25, 0.3) is 11.1 Å². The molecule has 1 aromatic heterocycles. The largest absolute Gasteiger partial charge is 0.467 e. The van der Waals surface area contributed by atoms with E-state index in [-0.39, 0.29) is 0 Å². The molecule has 0 aliphatic carbocycles. The molecule has 2 aromatic rings. The molecule has 1 heterocycles. The molecule has 0 saturated heterocycles. The van der Waals surface area contributed by atoms with Gasteiger partial charge in [0.25, 0.3) is 0 Å². The van der Waals surface area contributed by atoms with Gasteiger partial charge in [-0.15, -0.1) is 0 Å². The maximum absolute atomic E-state index is 5.65. The van der Waals surface area contributed by atoms with Crippen molar-refractivity contribution in [2.75, 3.05) is 13.7 Å². The SMILES string of the molecule is COc1ncc(-c2ccc(C(C)CN)cc2)cn1. The molecular weight excluding hydrogens is 226 g/mol. The first-order chi connectivity index (χ1) is 8.74. The van der Waals surface area contributed by atoms with Crippen LogP contribution in [0.3, 0.4) is 0 Å². The summed E-state index contributed by atoms with van der Waals surface area (Å²) in [6, 6.07) is 8.69. The van der Waals surface area contributed by atoms with E-state index in [1.807, 2.05) is 0 Å². The maximum atomic E-state index is 5.65. The topological polar surface area (TPSA) is 61.0 Å². The molecule has 18 heavy (non-hydrogen) atoms. The number of benzene rings is 1. The number of nitrogens with two attached hydrogens (primary N) is 1. The quantitative estimate of drug-likeness (QED) is 0.894. The Morgan fingerprint density at radius 3 is 2.22 bits per heavy atom. The molecule has 1 aromatic carbocycles. The van der Waals surface area contributed by atoms with Gasteiger partial charge in [0, 0.05) is 18.0 Å². The minimum Gasteiger partial charge on any atom is -0.467 e. The third-order valence-electron chi connectivity index (χ3n) is 2.98. The first-order valence-corrected chi connectivity index (χ1v) is 5.91. The minimum atomic E-state index is 0.381. The van der Waals surface area contributed by atoms with Crippen molar-refractivity contribution in [1.29, 1.82) is 0 Å². The second-order valence-electron chi connectivity index (χ2n) is 4.22. The van der Waals surface area contributed by atoms with E-state index in [0.717, 1.165) is 11.1 Å². The zero-order chi connectivity index (χ0) is 13.0. The Labute approximate surface area is 107 Å². The number of hydrogen-bond acceptors (Lipinski definition) is 4. The van der Waals surface area contributed by atoms with Crippen LogP contribution in [-0.2, 0) is 0 Å². The molecule has 0 fully saturated rings. The predicted molar refractivity (Wildman–Crippen MR) is 71.5 cm³/mol. The van der Waals surface area contributed by atoms with Crippen LogP contribution in [0.2, 0.25) is 0 Å². The van der Waals surface area contributed by atoms with Crippen molar-refractivity contribution in [3.8, 4) is 17.1 Å². The third-order valence-corrected chi connectivity index (χ3v) is 2.98. The fourth-order valence-corrected chi connectivity index (χ4v) is 1.71. The zero-order valence-electron chi connectivity index (χ0n) is 10.6. The standard InChI is InChI=1S/C14H17N3O/c1-10(7-15)11-3-5-12(6-4-11)13-8-16-14(18-2)17-9-13/h3-6,8-10H,7,15H2,1-2H3. The van der Waals surface area contributed by atoms with Crippen LogP contribution in [0.1, 0.15) is 18.4 Å². The summed E-state index contributed by atoms with van der Waals surface area (Å²) in [7, 11) is 1.55. The van der Waals surface area contributed by atoms with E-state index in [4.69, 9.17) is 10.5 Å². The molecule has 2 rings (SSSR count). The van der Waals surface area contributed by atoms with E-state index < -0.39 is 0 Å². The van der Waals surface area contributed by atoms with Crippen LogP contribution < -0.4 is 10.5 Å². The van der Waals surface area contributed by atoms with Crippen molar-refractivity contribution < 1.29 is 4.74 Å². The van der Waals surface area contributed by atoms with E-state index >= 15 is 0 Å². The lowest BCUT2D eigenvalue weighted by Gasteiger charge is -2.09. The number of ether oxygens (including phenoxy) is 1. The zero-order valence-corrected chi connectivity index (χ0v) is 10.6. The smallest absolute Gasteiger partial charge is 0.316 e. The molecule has 4 heteroatoms. The number of rotatable bonds is 4. The molecule has 94 valence electrons. The van der Waals surface area contributed by atoms with Crippen LogP contribution in [-0.4, -0.2) is 23.6 Å². The first kappa shape index (κ1) is 12.5. The summed E-state index contributed by atoms with van der Waals surface area (Å²) >= 11 is 0. The van der Waals surface area contributed by atoms with Crippen molar-refractivity contribution >= 4 is 0 Å². The van der Waals surface area contributed by atoms with Gasteiger partial charge in [-0.05, 0) is 23.6 Å². The highest BCUT2D eigenvalue weighted by molar-refractivity contribution is 5.61. The van der Waals surface area contributed by atoms with Crippen LogP contribution in [0, 0.1) is 0 Å². The molecule has 1 atom stereocenters. The molecule has 0 radical (unpaired) electrons. The summed E-state index contributed by atoms with van der Waals surface area (Å²) in [5, 5.41) is 0. The molecule has 0 spiro atoms. The highest BCUT2D eigenvalue weighted by Gasteiger charge is 2.04. The van der Waals surface area contributed by atoms with Crippen LogP contribution in [0.5, 0.6) is 6.01 Å². The van der Waals surface area contributed by atoms with Gasteiger partial charge < -0.3 is 10.5 Å². The van der Waals surface area contributed by atoms with E-state index in [0.29, 0.717) is 18.5 Å². The lowest BCUT2D eigenvalue weighted by atomic mass is 9.99. The lowest BCUT2D eigenvalue weighted by Crippen LogP contribution is -2.08. The number of aromatic nitrogens is 2. The number of methoxy groups -OCH3 is 1. The highest BCUT2D eigenvalue weighted by Crippen LogP contribution is 2.21. The Morgan fingerprint density at radius 2 is 1.72 bits per heavy atom. The van der Waals surface area contributed by atoms with Gasteiger partial charge in [0.2, 0.25) is 0 Å². The summed E-state index contributed by atoms with van der Waals surface area (Å²) in [5.41, 5.74) is 8.96. The van der Waals surface area contributed by atoms with E-state index in [2.05, 4.69) is 41.2 Å². The van der Waals surface area contributed by atoms with Gasteiger partial charge in [0.1, 0.15) is 0 Å². The van der Waals surface area contributed by atoms with Gasteiger partial charge in [-0.2, -0.15) is 0 Å². The fourth-order valence-electron chi connectivity index (χ4n) is 1.71. The minimum absolute atomic E-state index is 0.381. The number of nitrogens with zero attached hydrogens (tertiary/aromatic N) is 2. The van der Waals surface area contributed by atoms with Gasteiger partial charge in [-0.1, -0.05) is 31.2 Å². The molecule has 0 saturated carbocycles. The van der Waals surface area contributed by atoms with Gasteiger partial charge in [-0.3, -0.25) is 0 Å². The number of hydrogen-bond donors (Lipinski definition) is 1. The Hall–Kier alpha value is -1.94. The first-order valence-electron chi connectivity index (χ1n) is 5.91. The third kappa shape index (κ3) is 2.65. The van der Waals surface area contributed by atoms with E-state index in [9.17, 15) is 0 Å². The molecular formula is C14H17N3O. The van der Waals surface area contributed by atoms with Crippen molar-refractivity contribution in [3.05, 3.63) is 42.2 Å². The predicted octanol–water partition coefficient (Wildman–Crippen LogP) is 2.21. The monoisotopic (exact) mass is 243 g/mol. The molecule has 0 aliphatic heterocycles. The van der Waals surface area contributed by atoms with Crippen LogP contribution >= 0.6 is 0 Å². The lowest BCUT2D eigenvalue weighted by molar-refractivity contribution is 0.380. The summed E-state index contributed by atoms with van der Waals surface area (Å²) in [4.78, 5) is 8.19. The Bertz CT molecular complexity index is 493. The van der Waals surface area contributed by atoms with Crippen LogP contribution in [0.4, 0.5) is 0 Å². The summed E-state index contributed by atoms with van der Waals surface area (Å²) < 4.78 is 4.93. The molecule has 0 bridgehead atoms. The Balaban J connectivity index is 2.22. The highest BCUT2D eigenvalue weighted by atomic mass is 16.5. The summed E-state index contributed by atoms with van der Waals surface area (Å²) in [5.74, 6) is 0.381. The maximum Gasteiger partial charge on any atom is 0.316 e. The van der Waals surface area contributed by atoms with Crippen LogP contribution in [0.15, 0.2) is 36.7 Å². The molecule has 4 nitrogen and oxygen atoms in total. The summed E-state index contributed by atoms with van der Waals surface area (Å²) in [6.07, 6.45) is 3.51. The van der Waals surface area contributed by atoms with Crippen molar-refractivity contribution in [2.45, 2.75) is 12.8 Å². The summed E-state index contributed by atoms with van der Waals surface area (Å²) in [6.45, 7) is 2.77. The fraction of sp³-hybridized carbons (Fsp3) is 0.286. The molecule has 1 unspecified atom stereocenters. The molecule has 0 aliphatic rings. The Morgan fingerprint density at radius 1 is 1.11 bits per heavy atom. The van der Waals surface area contributed by atoms with Gasteiger partial charge in [-0.25, -0.2) is 9.97 Å². The average Bonchev–Trinajstić information content (AvgIpc) is 2.47. The van der Waals surface area contributed by atoms with Crippen molar-refractivity contribution in [1.82, 2.24) is 9.97 Å².